The molecular formula is C17H23BrF2N2O3. The minimum Gasteiger partial charge on any atom is -0.444 e. The van der Waals surface area contributed by atoms with Crippen LogP contribution in [0.15, 0.2) is 18.2 Å². The van der Waals surface area contributed by atoms with E-state index in [1.807, 2.05) is 0 Å². The molecule has 0 aliphatic rings. The lowest BCUT2D eigenvalue weighted by atomic mass is 10.0. The summed E-state index contributed by atoms with van der Waals surface area (Å²) in [6.07, 6.45) is -0.683. The second kappa shape index (κ2) is 8.12. The summed E-state index contributed by atoms with van der Waals surface area (Å²) in [4.78, 5) is 25.2. The van der Waals surface area contributed by atoms with E-state index in [9.17, 15) is 18.4 Å². The number of carbonyl (C=O) groups is 2. The van der Waals surface area contributed by atoms with Gasteiger partial charge in [0, 0.05) is 6.54 Å². The van der Waals surface area contributed by atoms with Crippen LogP contribution in [0.3, 0.4) is 0 Å². The molecule has 0 spiro atoms. The number of halogens is 3. The van der Waals surface area contributed by atoms with Crippen molar-refractivity contribution in [3.05, 3.63) is 29.8 Å². The van der Waals surface area contributed by atoms with E-state index < -0.39 is 40.5 Å². The fourth-order valence-electron chi connectivity index (χ4n) is 2.13. The van der Waals surface area contributed by atoms with Crippen molar-refractivity contribution in [1.29, 1.82) is 0 Å². The summed E-state index contributed by atoms with van der Waals surface area (Å²) < 4.78 is 33.4. The van der Waals surface area contributed by atoms with Crippen LogP contribution in [-0.2, 0) is 9.53 Å². The van der Waals surface area contributed by atoms with Crippen molar-refractivity contribution in [2.24, 2.45) is 0 Å². The number of ether oxygens (including phenoxy) is 1. The predicted octanol–water partition coefficient (Wildman–Crippen LogP) is 4.00. The van der Waals surface area contributed by atoms with Crippen molar-refractivity contribution in [3.63, 3.8) is 0 Å². The summed E-state index contributed by atoms with van der Waals surface area (Å²) in [5.41, 5.74) is -2.14. The molecule has 0 atom stereocenters. The quantitative estimate of drug-likeness (QED) is 0.732. The Morgan fingerprint density at radius 3 is 2.12 bits per heavy atom. The molecule has 0 heterocycles. The lowest BCUT2D eigenvalue weighted by Crippen LogP contribution is -2.54. The Labute approximate surface area is 154 Å². The molecule has 0 saturated heterocycles. The molecule has 25 heavy (non-hydrogen) atoms. The van der Waals surface area contributed by atoms with Crippen LogP contribution in [0.5, 0.6) is 0 Å². The SMILES string of the molecule is CC(C)(CN(C(=O)CBr)c1c(F)cccc1F)NC(=O)OC(C)(C)C. The minimum absolute atomic E-state index is 0.122. The number of nitrogens with zero attached hydrogens (tertiary/aromatic N) is 1. The van der Waals surface area contributed by atoms with Gasteiger partial charge in [-0.2, -0.15) is 0 Å². The lowest BCUT2D eigenvalue weighted by molar-refractivity contribution is -0.116. The van der Waals surface area contributed by atoms with E-state index in [0.717, 1.165) is 17.0 Å². The molecule has 1 aromatic carbocycles. The van der Waals surface area contributed by atoms with Gasteiger partial charge in [0.25, 0.3) is 0 Å². The number of hydrogen-bond acceptors (Lipinski definition) is 3. The number of anilines is 1. The fraction of sp³-hybridized carbons (Fsp3) is 0.529. The Balaban J connectivity index is 3.06. The van der Waals surface area contributed by atoms with Crippen molar-refractivity contribution < 1.29 is 23.1 Å². The van der Waals surface area contributed by atoms with Gasteiger partial charge in [-0.3, -0.25) is 4.79 Å². The molecule has 1 rings (SSSR count). The van der Waals surface area contributed by atoms with E-state index >= 15 is 0 Å². The van der Waals surface area contributed by atoms with Crippen LogP contribution in [0.2, 0.25) is 0 Å². The third kappa shape index (κ3) is 6.61. The first-order valence-corrected chi connectivity index (χ1v) is 8.80. The average molecular weight is 421 g/mol. The van der Waals surface area contributed by atoms with Crippen molar-refractivity contribution in [1.82, 2.24) is 5.32 Å². The number of alkyl halides is 1. The summed E-state index contributed by atoms with van der Waals surface area (Å²) in [7, 11) is 0. The van der Waals surface area contributed by atoms with Crippen LogP contribution in [0, 0.1) is 11.6 Å². The minimum atomic E-state index is -0.991. The molecule has 0 aliphatic heterocycles. The third-order valence-electron chi connectivity index (χ3n) is 3.02. The molecular weight excluding hydrogens is 398 g/mol. The standard InChI is InChI=1S/C17H23BrF2N2O3/c1-16(2,3)25-15(24)21-17(4,5)10-22(13(23)9-18)14-11(19)7-6-8-12(14)20/h6-8H,9-10H2,1-5H3,(H,21,24). The van der Waals surface area contributed by atoms with Crippen molar-refractivity contribution in [2.45, 2.75) is 45.8 Å². The molecule has 140 valence electrons. The number of rotatable bonds is 5. The van der Waals surface area contributed by atoms with Gasteiger partial charge < -0.3 is 15.0 Å². The summed E-state index contributed by atoms with van der Waals surface area (Å²) in [6, 6.07) is 3.36. The number of carbonyl (C=O) groups excluding carboxylic acids is 2. The van der Waals surface area contributed by atoms with Gasteiger partial charge in [0.1, 0.15) is 22.9 Å². The van der Waals surface area contributed by atoms with Gasteiger partial charge in [0.15, 0.2) is 0 Å². The van der Waals surface area contributed by atoms with Gasteiger partial charge in [0.05, 0.1) is 10.9 Å². The highest BCUT2D eigenvalue weighted by molar-refractivity contribution is 9.09. The number of benzene rings is 1. The van der Waals surface area contributed by atoms with E-state index in [1.54, 1.807) is 34.6 Å². The molecule has 5 nitrogen and oxygen atoms in total. The first-order chi connectivity index (χ1) is 11.4. The zero-order valence-electron chi connectivity index (χ0n) is 15.0. The Hall–Kier alpha value is -1.70. The highest BCUT2D eigenvalue weighted by Gasteiger charge is 2.31. The zero-order valence-corrected chi connectivity index (χ0v) is 16.5. The molecule has 0 aliphatic carbocycles. The first kappa shape index (κ1) is 21.3. The molecule has 0 radical (unpaired) electrons. The van der Waals surface area contributed by atoms with Gasteiger partial charge in [0.2, 0.25) is 5.91 Å². The van der Waals surface area contributed by atoms with Gasteiger partial charge in [-0.15, -0.1) is 0 Å². The smallest absolute Gasteiger partial charge is 0.408 e. The Morgan fingerprint density at radius 2 is 1.68 bits per heavy atom. The van der Waals surface area contributed by atoms with E-state index in [-0.39, 0.29) is 11.9 Å². The number of hydrogen-bond donors (Lipinski definition) is 1. The zero-order chi connectivity index (χ0) is 19.4. The highest BCUT2D eigenvalue weighted by atomic mass is 79.9. The second-order valence-electron chi connectivity index (χ2n) is 7.19. The van der Waals surface area contributed by atoms with Crippen LogP contribution in [-0.4, -0.2) is 35.0 Å². The molecule has 0 unspecified atom stereocenters. The molecule has 1 aromatic rings. The monoisotopic (exact) mass is 420 g/mol. The van der Waals surface area contributed by atoms with Crippen molar-refractivity contribution >= 4 is 33.6 Å². The van der Waals surface area contributed by atoms with Crippen molar-refractivity contribution in [2.75, 3.05) is 16.8 Å². The molecule has 0 bridgehead atoms. The van der Waals surface area contributed by atoms with E-state index in [2.05, 4.69) is 21.2 Å². The van der Waals surface area contributed by atoms with Gasteiger partial charge in [-0.05, 0) is 46.8 Å². The maximum atomic E-state index is 14.1. The van der Waals surface area contributed by atoms with Crippen LogP contribution in [0.4, 0.5) is 19.3 Å². The number of para-hydroxylation sites is 1. The van der Waals surface area contributed by atoms with Crippen LogP contribution in [0.1, 0.15) is 34.6 Å². The Kier molecular flexibility index (Phi) is 6.93. The van der Waals surface area contributed by atoms with E-state index in [4.69, 9.17) is 4.74 Å². The highest BCUT2D eigenvalue weighted by Crippen LogP contribution is 2.25. The summed E-state index contributed by atoms with van der Waals surface area (Å²) in [6.45, 7) is 8.27. The normalized spacial score (nSPS) is 11.8. The molecule has 2 amide bonds. The number of amides is 2. The van der Waals surface area contributed by atoms with Gasteiger partial charge in [-0.25, -0.2) is 13.6 Å². The van der Waals surface area contributed by atoms with Crippen LogP contribution < -0.4 is 10.2 Å². The Bertz CT molecular complexity index is 625. The van der Waals surface area contributed by atoms with Gasteiger partial charge >= 0.3 is 6.09 Å². The number of nitrogens with one attached hydrogen (secondary N) is 1. The summed E-state index contributed by atoms with van der Waals surface area (Å²) >= 11 is 3.01. The molecule has 0 saturated carbocycles. The van der Waals surface area contributed by atoms with Crippen molar-refractivity contribution in [3.8, 4) is 0 Å². The molecule has 0 aromatic heterocycles. The topological polar surface area (TPSA) is 58.6 Å². The maximum absolute atomic E-state index is 14.1. The molecule has 0 fully saturated rings. The lowest BCUT2D eigenvalue weighted by Gasteiger charge is -2.34. The second-order valence-corrected chi connectivity index (χ2v) is 7.76. The summed E-state index contributed by atoms with van der Waals surface area (Å²) in [5.74, 6) is -2.26. The van der Waals surface area contributed by atoms with Gasteiger partial charge in [-0.1, -0.05) is 22.0 Å². The molecule has 8 heteroatoms. The Morgan fingerprint density at radius 1 is 1.16 bits per heavy atom. The predicted molar refractivity (Wildman–Crippen MR) is 96.0 cm³/mol. The largest absolute Gasteiger partial charge is 0.444 e. The fourth-order valence-corrected chi connectivity index (χ4v) is 2.43. The third-order valence-corrected chi connectivity index (χ3v) is 3.50. The first-order valence-electron chi connectivity index (χ1n) is 7.68. The van der Waals surface area contributed by atoms with E-state index in [0.29, 0.717) is 0 Å². The van der Waals surface area contributed by atoms with Crippen LogP contribution >= 0.6 is 15.9 Å². The average Bonchev–Trinajstić information content (AvgIpc) is 2.42. The molecule has 1 N–H and O–H groups in total. The summed E-state index contributed by atoms with van der Waals surface area (Å²) in [5, 5.41) is 2.49. The maximum Gasteiger partial charge on any atom is 0.408 e. The van der Waals surface area contributed by atoms with E-state index in [1.165, 1.54) is 6.07 Å². The number of alkyl carbamates (subject to hydrolysis) is 1. The van der Waals surface area contributed by atoms with Crippen LogP contribution in [0.25, 0.3) is 0 Å².